The Morgan fingerprint density at radius 2 is 2.00 bits per heavy atom. The van der Waals surface area contributed by atoms with Gasteiger partial charge in [-0.1, -0.05) is 20.8 Å². The fraction of sp³-hybridized carbons (Fsp3) is 1.00. The third-order valence-corrected chi connectivity index (χ3v) is 3.47. The molecule has 84 valence electrons. The van der Waals surface area contributed by atoms with E-state index in [-0.39, 0.29) is 6.67 Å². The summed E-state index contributed by atoms with van der Waals surface area (Å²) >= 11 is 0. The van der Waals surface area contributed by atoms with Crippen molar-refractivity contribution in [3.63, 3.8) is 0 Å². The molecule has 1 saturated heterocycles. The number of alkyl halides is 1. The largest absolute Gasteiger partial charge is 0.295 e. The summed E-state index contributed by atoms with van der Waals surface area (Å²) in [6.07, 6.45) is 5.21. The van der Waals surface area contributed by atoms with Crippen LogP contribution in [0.15, 0.2) is 0 Å². The van der Waals surface area contributed by atoms with Gasteiger partial charge in [-0.05, 0) is 38.1 Å². The van der Waals surface area contributed by atoms with E-state index < -0.39 is 0 Å². The van der Waals surface area contributed by atoms with E-state index in [1.54, 1.807) is 0 Å². The maximum Gasteiger partial charge on any atom is 0.102 e. The first-order chi connectivity index (χ1) is 6.77. The number of likely N-dealkylation sites (tertiary alicyclic amines) is 1. The minimum Gasteiger partial charge on any atom is -0.295 e. The molecule has 0 amide bonds. The van der Waals surface area contributed by atoms with Crippen LogP contribution in [0.3, 0.4) is 0 Å². The Labute approximate surface area is 87.7 Å². The van der Waals surface area contributed by atoms with Gasteiger partial charge >= 0.3 is 0 Å². The van der Waals surface area contributed by atoms with Crippen LogP contribution in [0.2, 0.25) is 0 Å². The summed E-state index contributed by atoms with van der Waals surface area (Å²) in [5.74, 6) is 0.864. The second kappa shape index (κ2) is 5.11. The summed E-state index contributed by atoms with van der Waals surface area (Å²) in [4.78, 5) is 2.38. The highest BCUT2D eigenvalue weighted by atomic mass is 19.1. The lowest BCUT2D eigenvalue weighted by Gasteiger charge is -2.38. The van der Waals surface area contributed by atoms with Crippen molar-refractivity contribution < 1.29 is 4.39 Å². The Hall–Kier alpha value is -0.110. The smallest absolute Gasteiger partial charge is 0.102 e. The molecule has 14 heavy (non-hydrogen) atoms. The lowest BCUT2D eigenvalue weighted by molar-refractivity contribution is 0.0924. The lowest BCUT2D eigenvalue weighted by atomic mass is 9.90. The molecule has 2 heteroatoms. The van der Waals surface area contributed by atoms with Gasteiger partial charge in [0.2, 0.25) is 0 Å². The normalized spacial score (nSPS) is 29.6. The number of hydrogen-bond donors (Lipinski definition) is 0. The number of rotatable bonds is 2. The van der Waals surface area contributed by atoms with E-state index in [0.29, 0.717) is 12.1 Å². The van der Waals surface area contributed by atoms with Crippen molar-refractivity contribution in [2.75, 3.05) is 19.8 Å². The Kier molecular flexibility index (Phi) is 4.36. The van der Waals surface area contributed by atoms with Gasteiger partial charge < -0.3 is 0 Å². The first kappa shape index (κ1) is 12.0. The van der Waals surface area contributed by atoms with E-state index >= 15 is 0 Å². The predicted octanol–water partition coefficient (Wildman–Crippen LogP) is 3.25. The van der Waals surface area contributed by atoms with Gasteiger partial charge in [0.25, 0.3) is 0 Å². The van der Waals surface area contributed by atoms with E-state index in [2.05, 4.69) is 11.8 Å². The van der Waals surface area contributed by atoms with Crippen LogP contribution in [0.4, 0.5) is 4.39 Å². The van der Waals surface area contributed by atoms with Gasteiger partial charge in [-0.2, -0.15) is 0 Å². The molecule has 1 heterocycles. The summed E-state index contributed by atoms with van der Waals surface area (Å²) in [5, 5.41) is 0. The maximum absolute atomic E-state index is 12.2. The number of nitrogens with zero attached hydrogens (tertiary/aromatic N) is 1. The topological polar surface area (TPSA) is 3.24 Å². The molecular formula is C12H24FN. The summed E-state index contributed by atoms with van der Waals surface area (Å²) in [6.45, 7) is 7.96. The van der Waals surface area contributed by atoms with Crippen molar-refractivity contribution in [3.05, 3.63) is 0 Å². The van der Waals surface area contributed by atoms with E-state index in [4.69, 9.17) is 0 Å². The highest BCUT2D eigenvalue weighted by Crippen LogP contribution is 2.49. The fourth-order valence-electron chi connectivity index (χ4n) is 2.61. The standard InChI is InChI=1S/C10H18FN.C2H6/c1-9-2-6-12(7-5-11)10(8-9)3-4-10;1-2/h9H,2-8H2,1H3;1-2H3. The molecule has 2 rings (SSSR count). The first-order valence-corrected chi connectivity index (χ1v) is 6.08. The van der Waals surface area contributed by atoms with E-state index in [1.807, 2.05) is 13.8 Å². The first-order valence-electron chi connectivity index (χ1n) is 6.08. The van der Waals surface area contributed by atoms with Crippen LogP contribution in [-0.2, 0) is 0 Å². The molecule has 1 aliphatic heterocycles. The maximum atomic E-state index is 12.2. The number of piperidine rings is 1. The Balaban J connectivity index is 0.000000461. The molecule has 1 saturated carbocycles. The molecule has 1 spiro atoms. The lowest BCUT2D eigenvalue weighted by Crippen LogP contribution is -2.44. The molecule has 1 aliphatic carbocycles. The van der Waals surface area contributed by atoms with Gasteiger partial charge in [-0.15, -0.1) is 0 Å². The van der Waals surface area contributed by atoms with Crippen molar-refractivity contribution in [2.45, 2.75) is 52.0 Å². The second-order valence-electron chi connectivity index (χ2n) is 4.50. The summed E-state index contributed by atoms with van der Waals surface area (Å²) < 4.78 is 12.2. The Morgan fingerprint density at radius 1 is 1.36 bits per heavy atom. The van der Waals surface area contributed by atoms with Gasteiger partial charge in [-0.25, -0.2) is 4.39 Å². The quantitative estimate of drug-likeness (QED) is 0.663. The molecular weight excluding hydrogens is 177 g/mol. The number of hydrogen-bond acceptors (Lipinski definition) is 1. The minimum absolute atomic E-state index is 0.171. The van der Waals surface area contributed by atoms with Crippen molar-refractivity contribution in [2.24, 2.45) is 5.92 Å². The van der Waals surface area contributed by atoms with Crippen LogP contribution in [0.1, 0.15) is 46.5 Å². The molecule has 0 aromatic carbocycles. The second-order valence-corrected chi connectivity index (χ2v) is 4.50. The summed E-state index contributed by atoms with van der Waals surface area (Å²) in [7, 11) is 0. The molecule has 2 aliphatic rings. The molecule has 1 unspecified atom stereocenters. The monoisotopic (exact) mass is 201 g/mol. The van der Waals surface area contributed by atoms with E-state index in [0.717, 1.165) is 12.5 Å². The van der Waals surface area contributed by atoms with Crippen molar-refractivity contribution in [1.29, 1.82) is 0 Å². The Bertz CT molecular complexity index is 166. The van der Waals surface area contributed by atoms with Crippen LogP contribution < -0.4 is 0 Å². The molecule has 1 atom stereocenters. The van der Waals surface area contributed by atoms with Crippen LogP contribution in [-0.4, -0.2) is 30.2 Å². The van der Waals surface area contributed by atoms with Crippen molar-refractivity contribution in [3.8, 4) is 0 Å². The zero-order valence-electron chi connectivity index (χ0n) is 9.85. The Morgan fingerprint density at radius 3 is 2.50 bits per heavy atom. The SMILES string of the molecule is CC.CC1CCN(CCF)C2(CC2)C1. The fourth-order valence-corrected chi connectivity index (χ4v) is 2.61. The van der Waals surface area contributed by atoms with Crippen LogP contribution in [0.25, 0.3) is 0 Å². The summed E-state index contributed by atoms with van der Waals surface area (Å²) in [5.41, 5.74) is 0.462. The third kappa shape index (κ3) is 2.47. The minimum atomic E-state index is -0.171. The van der Waals surface area contributed by atoms with Gasteiger partial charge in [0, 0.05) is 12.1 Å². The van der Waals surface area contributed by atoms with Crippen molar-refractivity contribution in [1.82, 2.24) is 4.90 Å². The number of halogens is 1. The average molecular weight is 201 g/mol. The highest BCUT2D eigenvalue weighted by molar-refractivity contribution is 5.06. The molecule has 2 fully saturated rings. The molecule has 0 N–H and O–H groups in total. The van der Waals surface area contributed by atoms with E-state index in [9.17, 15) is 4.39 Å². The average Bonchev–Trinajstić information content (AvgIpc) is 2.95. The molecule has 0 bridgehead atoms. The predicted molar refractivity (Wildman–Crippen MR) is 59.3 cm³/mol. The molecule has 0 aromatic heterocycles. The van der Waals surface area contributed by atoms with Crippen LogP contribution in [0, 0.1) is 5.92 Å². The third-order valence-electron chi connectivity index (χ3n) is 3.47. The van der Waals surface area contributed by atoms with Crippen LogP contribution >= 0.6 is 0 Å². The van der Waals surface area contributed by atoms with Crippen molar-refractivity contribution >= 4 is 0 Å². The van der Waals surface area contributed by atoms with Gasteiger partial charge in [-0.3, -0.25) is 4.90 Å². The van der Waals surface area contributed by atoms with Gasteiger partial charge in [0.15, 0.2) is 0 Å². The molecule has 1 nitrogen and oxygen atoms in total. The zero-order chi connectivity index (χ0) is 10.6. The van der Waals surface area contributed by atoms with Crippen LogP contribution in [0.5, 0.6) is 0 Å². The zero-order valence-corrected chi connectivity index (χ0v) is 9.85. The molecule has 0 radical (unpaired) electrons. The summed E-state index contributed by atoms with van der Waals surface area (Å²) in [6, 6.07) is 0. The van der Waals surface area contributed by atoms with E-state index in [1.165, 1.54) is 25.7 Å². The van der Waals surface area contributed by atoms with Gasteiger partial charge in [0.1, 0.15) is 6.67 Å². The molecule has 0 aromatic rings. The van der Waals surface area contributed by atoms with Gasteiger partial charge in [0.05, 0.1) is 0 Å². The highest BCUT2D eigenvalue weighted by Gasteiger charge is 2.49.